The van der Waals surface area contributed by atoms with Crippen molar-refractivity contribution in [3.05, 3.63) is 0 Å². The van der Waals surface area contributed by atoms with Crippen LogP contribution in [0.3, 0.4) is 0 Å². The fourth-order valence-corrected chi connectivity index (χ4v) is 13.1. The quantitative estimate of drug-likeness (QED) is 0.0222. The van der Waals surface area contributed by atoms with Crippen molar-refractivity contribution < 1.29 is 80.2 Å². The lowest BCUT2D eigenvalue weighted by Gasteiger charge is -2.21. The van der Waals surface area contributed by atoms with Gasteiger partial charge in [-0.1, -0.05) is 331 Å². The van der Waals surface area contributed by atoms with Gasteiger partial charge in [0.25, 0.3) is 0 Å². The summed E-state index contributed by atoms with van der Waals surface area (Å²) in [6.07, 6.45) is 50.2. The lowest BCUT2D eigenvalue weighted by Crippen LogP contribution is -2.30. The van der Waals surface area contributed by atoms with E-state index in [1.807, 2.05) is 0 Å². The smallest absolute Gasteiger partial charge is 0.462 e. The number of aliphatic hydroxyl groups is 1. The number of phosphoric acid groups is 2. The van der Waals surface area contributed by atoms with E-state index in [9.17, 15) is 43.2 Å². The number of ether oxygens (including phenoxy) is 4. The van der Waals surface area contributed by atoms with Crippen molar-refractivity contribution in [1.82, 2.24) is 0 Å². The fraction of sp³-hybridized carbons (Fsp3) is 0.947. The summed E-state index contributed by atoms with van der Waals surface area (Å²) in [6.45, 7) is 14.1. The summed E-state index contributed by atoms with van der Waals surface area (Å²) in [5, 5.41) is 10.6. The average molecular weight is 1400 g/mol. The van der Waals surface area contributed by atoms with Crippen LogP contribution in [0.1, 0.15) is 383 Å². The van der Waals surface area contributed by atoms with Crippen LogP contribution in [0.15, 0.2) is 0 Å². The molecule has 564 valence electrons. The van der Waals surface area contributed by atoms with Crippen LogP contribution in [-0.4, -0.2) is 96.7 Å². The van der Waals surface area contributed by atoms with Crippen LogP contribution >= 0.6 is 15.6 Å². The van der Waals surface area contributed by atoms with E-state index in [0.717, 1.165) is 114 Å². The number of phosphoric ester groups is 2. The predicted octanol–water partition coefficient (Wildman–Crippen LogP) is 22.0. The van der Waals surface area contributed by atoms with Gasteiger partial charge in [-0.15, -0.1) is 0 Å². The molecule has 0 fully saturated rings. The van der Waals surface area contributed by atoms with Crippen molar-refractivity contribution >= 4 is 39.5 Å². The molecule has 0 heterocycles. The van der Waals surface area contributed by atoms with Gasteiger partial charge in [0.05, 0.1) is 26.4 Å². The molecule has 0 aliphatic heterocycles. The van der Waals surface area contributed by atoms with Gasteiger partial charge in [0.15, 0.2) is 12.2 Å². The molecule has 0 spiro atoms. The zero-order chi connectivity index (χ0) is 70.3. The Hall–Kier alpha value is -1.94. The highest BCUT2D eigenvalue weighted by Crippen LogP contribution is 2.45. The normalized spacial score (nSPS) is 14.4. The first-order valence-electron chi connectivity index (χ1n) is 39.2. The van der Waals surface area contributed by atoms with E-state index in [4.69, 9.17) is 37.0 Å². The van der Waals surface area contributed by atoms with Gasteiger partial charge in [-0.05, 0) is 49.4 Å². The standard InChI is InChI=1S/C76H148O17P2/c1-9-69(8)55-47-39-30-26-27-33-43-51-59-76(81)93-72(63-87-74(79)57-49-41-35-34-38-46-54-68(6)7)65-91-95(84,85)89-61-70(77)60-88-94(82,83)90-64-71(62-86-73(78)56-48-40-31-24-21-20-23-29-37-45-53-67(4)5)92-75(80)58-50-42-32-25-19-17-15-13-11-10-12-14-16-18-22-28-36-44-52-66(2)3/h66-72,77H,9-65H2,1-8H3,(H,82,83)(H,84,85)/t69?,70-,71-,72-/m1/s1. The molecule has 19 heteroatoms. The number of unbranched alkanes of at least 4 members (excludes halogenated alkanes) is 38. The first kappa shape index (κ1) is 93.1. The summed E-state index contributed by atoms with van der Waals surface area (Å²) in [7, 11) is -9.91. The van der Waals surface area contributed by atoms with Crippen LogP contribution in [0, 0.1) is 23.7 Å². The van der Waals surface area contributed by atoms with E-state index >= 15 is 0 Å². The zero-order valence-electron chi connectivity index (χ0n) is 62.3. The molecule has 0 bridgehead atoms. The number of hydrogen-bond donors (Lipinski definition) is 3. The molecule has 0 rings (SSSR count). The van der Waals surface area contributed by atoms with Crippen molar-refractivity contribution in [3.8, 4) is 0 Å². The lowest BCUT2D eigenvalue weighted by molar-refractivity contribution is -0.161. The molecule has 0 radical (unpaired) electrons. The second-order valence-corrected chi connectivity index (χ2v) is 32.0. The Morgan fingerprint density at radius 1 is 0.295 bits per heavy atom. The largest absolute Gasteiger partial charge is 0.472 e. The summed E-state index contributed by atoms with van der Waals surface area (Å²) in [5.41, 5.74) is 0. The van der Waals surface area contributed by atoms with Crippen molar-refractivity contribution in [3.63, 3.8) is 0 Å². The van der Waals surface area contributed by atoms with Crippen LogP contribution in [0.2, 0.25) is 0 Å². The van der Waals surface area contributed by atoms with Gasteiger partial charge in [0, 0.05) is 25.7 Å². The van der Waals surface area contributed by atoms with Crippen molar-refractivity contribution in [2.24, 2.45) is 23.7 Å². The first-order valence-corrected chi connectivity index (χ1v) is 42.2. The fourth-order valence-electron chi connectivity index (χ4n) is 11.5. The Morgan fingerprint density at radius 3 is 0.747 bits per heavy atom. The van der Waals surface area contributed by atoms with Crippen LogP contribution in [0.25, 0.3) is 0 Å². The van der Waals surface area contributed by atoms with E-state index < -0.39 is 97.5 Å². The molecular weight excluding hydrogens is 1250 g/mol. The zero-order valence-corrected chi connectivity index (χ0v) is 64.1. The van der Waals surface area contributed by atoms with Crippen LogP contribution < -0.4 is 0 Å². The number of carbonyl (C=O) groups excluding carboxylic acids is 4. The highest BCUT2D eigenvalue weighted by Gasteiger charge is 2.30. The molecular formula is C76H148O17P2. The summed E-state index contributed by atoms with van der Waals surface area (Å²) in [6, 6.07) is 0. The molecule has 0 aromatic carbocycles. The molecule has 0 aliphatic carbocycles. The van der Waals surface area contributed by atoms with Crippen molar-refractivity contribution in [2.45, 2.75) is 401 Å². The van der Waals surface area contributed by atoms with E-state index in [1.165, 1.54) is 180 Å². The van der Waals surface area contributed by atoms with Gasteiger partial charge < -0.3 is 33.8 Å². The van der Waals surface area contributed by atoms with Crippen LogP contribution in [0.4, 0.5) is 0 Å². The van der Waals surface area contributed by atoms with Gasteiger partial charge in [-0.25, -0.2) is 9.13 Å². The van der Waals surface area contributed by atoms with E-state index in [0.29, 0.717) is 31.6 Å². The third kappa shape index (κ3) is 69.0. The van der Waals surface area contributed by atoms with Gasteiger partial charge >= 0.3 is 39.5 Å². The second kappa shape index (κ2) is 65.4. The van der Waals surface area contributed by atoms with Crippen molar-refractivity contribution in [1.29, 1.82) is 0 Å². The topological polar surface area (TPSA) is 237 Å². The molecule has 3 unspecified atom stereocenters. The highest BCUT2D eigenvalue weighted by atomic mass is 31.2. The maximum absolute atomic E-state index is 13.1. The Labute approximate surface area is 581 Å². The predicted molar refractivity (Wildman–Crippen MR) is 386 cm³/mol. The Kier molecular flexibility index (Phi) is 64.0. The molecule has 6 atom stereocenters. The minimum Gasteiger partial charge on any atom is -0.462 e. The molecule has 0 saturated heterocycles. The van der Waals surface area contributed by atoms with E-state index in [2.05, 4.69) is 55.4 Å². The molecule has 0 aromatic rings. The van der Waals surface area contributed by atoms with Gasteiger partial charge in [0.1, 0.15) is 19.3 Å². The number of aliphatic hydroxyl groups excluding tert-OH is 1. The summed E-state index contributed by atoms with van der Waals surface area (Å²) >= 11 is 0. The number of hydrogen-bond acceptors (Lipinski definition) is 15. The number of carbonyl (C=O) groups is 4. The van der Waals surface area contributed by atoms with Crippen LogP contribution in [0.5, 0.6) is 0 Å². The second-order valence-electron chi connectivity index (χ2n) is 29.1. The maximum atomic E-state index is 13.1. The Balaban J connectivity index is 5.20. The first-order chi connectivity index (χ1) is 45.6. The minimum absolute atomic E-state index is 0.104. The summed E-state index contributed by atoms with van der Waals surface area (Å²) in [5.74, 6) is 0.903. The van der Waals surface area contributed by atoms with Gasteiger partial charge in [-0.3, -0.25) is 37.3 Å². The summed E-state index contributed by atoms with van der Waals surface area (Å²) in [4.78, 5) is 72.7. The van der Waals surface area contributed by atoms with E-state index in [-0.39, 0.29) is 25.7 Å². The molecule has 3 N–H and O–H groups in total. The number of esters is 4. The average Bonchev–Trinajstić information content (AvgIpc) is 1.46. The third-order valence-electron chi connectivity index (χ3n) is 17.9. The molecule has 0 aromatic heterocycles. The summed E-state index contributed by atoms with van der Waals surface area (Å²) < 4.78 is 68.5. The molecule has 0 amide bonds. The third-order valence-corrected chi connectivity index (χ3v) is 19.8. The lowest BCUT2D eigenvalue weighted by atomic mass is 9.99. The maximum Gasteiger partial charge on any atom is 0.472 e. The van der Waals surface area contributed by atoms with Gasteiger partial charge in [0.2, 0.25) is 0 Å². The Bertz CT molecular complexity index is 1870. The highest BCUT2D eigenvalue weighted by molar-refractivity contribution is 7.47. The Morgan fingerprint density at radius 2 is 0.505 bits per heavy atom. The van der Waals surface area contributed by atoms with Crippen molar-refractivity contribution in [2.75, 3.05) is 39.6 Å². The minimum atomic E-state index is -4.96. The van der Waals surface area contributed by atoms with Crippen LogP contribution in [-0.2, 0) is 65.4 Å². The van der Waals surface area contributed by atoms with E-state index in [1.54, 1.807) is 0 Å². The SMILES string of the molecule is CCC(C)CCCCCCCCCCC(=O)O[C@H](COC(=O)CCCCCCCCC(C)C)COP(=O)(O)OC[C@H](O)COP(=O)(O)OC[C@@H](COC(=O)CCCCCCCCCCCCC(C)C)OC(=O)CCCCCCCCCCCCCCCCCCCCC(C)C. The molecule has 0 aliphatic rings. The monoisotopic (exact) mass is 1400 g/mol. The molecule has 95 heavy (non-hydrogen) atoms. The molecule has 17 nitrogen and oxygen atoms in total. The molecule has 0 saturated carbocycles. The van der Waals surface area contributed by atoms with Gasteiger partial charge in [-0.2, -0.15) is 0 Å². The number of rotatable bonds is 73.